The summed E-state index contributed by atoms with van der Waals surface area (Å²) in [6.07, 6.45) is 1.04. The van der Waals surface area contributed by atoms with Crippen molar-refractivity contribution in [2.75, 3.05) is 30.2 Å². The summed E-state index contributed by atoms with van der Waals surface area (Å²) in [5.74, 6) is -5.38. The lowest BCUT2D eigenvalue weighted by molar-refractivity contribution is -0.142. The van der Waals surface area contributed by atoms with Gasteiger partial charge in [0.05, 0.1) is 34.8 Å². The highest BCUT2D eigenvalue weighted by Crippen LogP contribution is 2.44. The van der Waals surface area contributed by atoms with Crippen molar-refractivity contribution in [3.63, 3.8) is 0 Å². The van der Waals surface area contributed by atoms with E-state index in [-0.39, 0.29) is 18.0 Å². The van der Waals surface area contributed by atoms with Crippen LogP contribution < -0.4 is 10.4 Å². The Morgan fingerprint density at radius 1 is 1.14 bits per heavy atom. The molecule has 1 amide bonds. The third kappa shape index (κ3) is 4.05. The van der Waals surface area contributed by atoms with Crippen molar-refractivity contribution in [1.82, 2.24) is 0 Å². The average Bonchev–Trinajstić information content (AvgIpc) is 2.91. The number of ether oxygens (including phenoxy) is 1. The number of hydrogen-bond donors (Lipinski definition) is 0. The van der Waals surface area contributed by atoms with Crippen LogP contribution in [-0.4, -0.2) is 58.0 Å². The van der Waals surface area contributed by atoms with Crippen molar-refractivity contribution >= 4 is 34.0 Å². The number of nitrogens with zero attached hydrogens (tertiary/aromatic N) is 1. The van der Waals surface area contributed by atoms with Crippen LogP contribution in [0.5, 0.6) is 0 Å². The normalized spacial score (nSPS) is 22.2. The van der Waals surface area contributed by atoms with Gasteiger partial charge in [-0.25, -0.2) is 8.42 Å². The zero-order valence-corrected chi connectivity index (χ0v) is 17.8. The van der Waals surface area contributed by atoms with E-state index in [1.807, 2.05) is 27.7 Å². The summed E-state index contributed by atoms with van der Waals surface area (Å²) in [5, 5.41) is 0. The van der Waals surface area contributed by atoms with Gasteiger partial charge in [0, 0.05) is 6.26 Å². The molecule has 2 aliphatic heterocycles. The van der Waals surface area contributed by atoms with Crippen LogP contribution in [-0.2, 0) is 34.6 Å². The number of halogens is 2. The molecule has 0 saturated carbocycles. The van der Waals surface area contributed by atoms with Gasteiger partial charge in [-0.15, -0.1) is 0 Å². The fraction of sp³-hybridized carbons (Fsp3) is 0.611. The van der Waals surface area contributed by atoms with Crippen LogP contribution in [0.2, 0.25) is 0 Å². The molecule has 1 fully saturated rings. The third-order valence-electron chi connectivity index (χ3n) is 5.51. The van der Waals surface area contributed by atoms with Crippen LogP contribution in [0.15, 0.2) is 18.2 Å². The van der Waals surface area contributed by atoms with E-state index in [0.29, 0.717) is 5.46 Å². The molecule has 0 aromatic heterocycles. The third-order valence-corrected chi connectivity index (χ3v) is 6.42. The molecule has 2 heterocycles. The van der Waals surface area contributed by atoms with Crippen LogP contribution in [0, 0.1) is 0 Å². The number of benzene rings is 1. The van der Waals surface area contributed by atoms with Gasteiger partial charge < -0.3 is 14.0 Å². The molecule has 1 aromatic rings. The topological polar surface area (TPSA) is 82.1 Å². The van der Waals surface area contributed by atoms with Gasteiger partial charge in [-0.05, 0) is 39.2 Å². The first kappa shape index (κ1) is 22.1. The molecule has 0 aliphatic carbocycles. The molecule has 0 bridgehead atoms. The first-order valence-electron chi connectivity index (χ1n) is 9.11. The molecule has 1 aromatic carbocycles. The van der Waals surface area contributed by atoms with Crippen molar-refractivity contribution in [3.05, 3.63) is 23.8 Å². The molecule has 0 N–H and O–H groups in total. The van der Waals surface area contributed by atoms with E-state index < -0.39 is 52.3 Å². The molecule has 1 saturated heterocycles. The first-order valence-corrected chi connectivity index (χ1v) is 11.2. The van der Waals surface area contributed by atoms with Crippen LogP contribution in [0.1, 0.15) is 33.3 Å². The Hall–Kier alpha value is -1.56. The monoisotopic (exact) mass is 431 g/mol. The molecule has 3 rings (SSSR count). The standard InChI is InChI=1S/C18H24BF2NO6S/c1-16(2)17(3,4)28-19(27-16)12-6-7-13-14(10-12)22(15(23)18(13,20)21)11-26-8-9-29(5,24)25/h6-7,10H,8-9,11H2,1-5H3. The molecule has 2 aliphatic rings. The van der Waals surface area contributed by atoms with Gasteiger partial charge in [0.15, 0.2) is 0 Å². The predicted octanol–water partition coefficient (Wildman–Crippen LogP) is 1.44. The highest BCUT2D eigenvalue weighted by atomic mass is 32.2. The molecule has 0 spiro atoms. The Labute approximate surface area is 169 Å². The summed E-state index contributed by atoms with van der Waals surface area (Å²) in [6, 6.07) is 4.07. The average molecular weight is 431 g/mol. The zero-order valence-electron chi connectivity index (χ0n) is 17.0. The summed E-state index contributed by atoms with van der Waals surface area (Å²) < 4.78 is 68.3. The lowest BCUT2D eigenvalue weighted by Gasteiger charge is -2.32. The number of amides is 1. The largest absolute Gasteiger partial charge is 0.494 e. The van der Waals surface area contributed by atoms with E-state index in [0.717, 1.165) is 11.2 Å². The molecule has 11 heteroatoms. The van der Waals surface area contributed by atoms with E-state index in [1.54, 1.807) is 0 Å². The second kappa shape index (κ2) is 7.00. The summed E-state index contributed by atoms with van der Waals surface area (Å²) >= 11 is 0. The Balaban J connectivity index is 1.85. The van der Waals surface area contributed by atoms with Crippen molar-refractivity contribution < 1.29 is 36.0 Å². The highest BCUT2D eigenvalue weighted by Gasteiger charge is 2.55. The zero-order chi connectivity index (χ0) is 21.8. The van der Waals surface area contributed by atoms with Crippen molar-refractivity contribution in [2.45, 2.75) is 44.8 Å². The van der Waals surface area contributed by atoms with E-state index in [1.165, 1.54) is 18.2 Å². The van der Waals surface area contributed by atoms with Gasteiger partial charge in [-0.1, -0.05) is 12.1 Å². The van der Waals surface area contributed by atoms with Crippen molar-refractivity contribution in [3.8, 4) is 0 Å². The molecule has 0 radical (unpaired) electrons. The number of carbonyl (C=O) groups is 1. The van der Waals surface area contributed by atoms with E-state index in [4.69, 9.17) is 14.0 Å². The maximum Gasteiger partial charge on any atom is 0.494 e. The Bertz CT molecular complexity index is 918. The summed E-state index contributed by atoms with van der Waals surface area (Å²) in [4.78, 5) is 13.0. The quantitative estimate of drug-likeness (QED) is 0.501. The second-order valence-corrected chi connectivity index (χ2v) is 10.6. The van der Waals surface area contributed by atoms with Crippen LogP contribution in [0.3, 0.4) is 0 Å². The Morgan fingerprint density at radius 2 is 1.72 bits per heavy atom. The lowest BCUT2D eigenvalue weighted by Crippen LogP contribution is -2.41. The summed E-state index contributed by atoms with van der Waals surface area (Å²) in [7, 11) is -4.04. The van der Waals surface area contributed by atoms with Crippen LogP contribution in [0.4, 0.5) is 14.5 Å². The minimum Gasteiger partial charge on any atom is -0.399 e. The molecule has 0 unspecified atom stereocenters. The minimum absolute atomic E-state index is 0.00781. The predicted molar refractivity (Wildman–Crippen MR) is 104 cm³/mol. The number of fused-ring (bicyclic) bond motifs is 1. The highest BCUT2D eigenvalue weighted by molar-refractivity contribution is 7.90. The van der Waals surface area contributed by atoms with E-state index in [9.17, 15) is 22.0 Å². The Morgan fingerprint density at radius 3 is 2.28 bits per heavy atom. The van der Waals surface area contributed by atoms with Gasteiger partial charge in [0.2, 0.25) is 0 Å². The van der Waals surface area contributed by atoms with E-state index >= 15 is 0 Å². The van der Waals surface area contributed by atoms with Gasteiger partial charge in [0.1, 0.15) is 16.6 Å². The van der Waals surface area contributed by atoms with Crippen LogP contribution in [0.25, 0.3) is 0 Å². The molecule has 0 atom stereocenters. The van der Waals surface area contributed by atoms with Gasteiger partial charge >= 0.3 is 18.9 Å². The van der Waals surface area contributed by atoms with Crippen molar-refractivity contribution in [2.24, 2.45) is 0 Å². The van der Waals surface area contributed by atoms with Gasteiger partial charge in [0.25, 0.3) is 0 Å². The number of rotatable bonds is 6. The van der Waals surface area contributed by atoms with Crippen LogP contribution >= 0.6 is 0 Å². The van der Waals surface area contributed by atoms with Gasteiger partial charge in [-0.3, -0.25) is 9.69 Å². The number of sulfone groups is 1. The Kier molecular flexibility index (Phi) is 5.35. The lowest BCUT2D eigenvalue weighted by atomic mass is 9.78. The summed E-state index contributed by atoms with van der Waals surface area (Å²) in [5.41, 5.74) is -1.16. The van der Waals surface area contributed by atoms with Gasteiger partial charge in [-0.2, -0.15) is 8.78 Å². The molecule has 29 heavy (non-hydrogen) atoms. The molecule has 7 nitrogen and oxygen atoms in total. The number of anilines is 1. The fourth-order valence-corrected chi connectivity index (χ4v) is 3.47. The maximum atomic E-state index is 14.4. The smallest absolute Gasteiger partial charge is 0.399 e. The number of carbonyl (C=O) groups excluding carboxylic acids is 1. The van der Waals surface area contributed by atoms with Crippen molar-refractivity contribution in [1.29, 1.82) is 0 Å². The maximum absolute atomic E-state index is 14.4. The number of alkyl halides is 2. The number of hydrogen-bond acceptors (Lipinski definition) is 6. The second-order valence-electron chi connectivity index (χ2n) is 8.34. The molecular formula is C18H24BF2NO6S. The fourth-order valence-electron chi connectivity index (χ4n) is 3.05. The summed E-state index contributed by atoms with van der Waals surface area (Å²) in [6.45, 7) is 6.81. The molecule has 160 valence electrons. The minimum atomic E-state index is -3.69. The van der Waals surface area contributed by atoms with E-state index in [2.05, 4.69) is 0 Å². The first-order chi connectivity index (χ1) is 13.2. The SMILES string of the molecule is CC1(C)OB(c2ccc3c(c2)N(COCCS(C)(=O)=O)C(=O)C3(F)F)OC1(C)C. The molecular weight excluding hydrogens is 407 g/mol.